The van der Waals surface area contributed by atoms with Crippen molar-refractivity contribution in [2.24, 2.45) is 5.10 Å². The van der Waals surface area contributed by atoms with Crippen LogP contribution in [0.3, 0.4) is 0 Å². The quantitative estimate of drug-likeness (QED) is 0.433. The van der Waals surface area contributed by atoms with Gasteiger partial charge in [0.1, 0.15) is 4.01 Å². The molecule has 10 heteroatoms. The van der Waals surface area contributed by atoms with Crippen LogP contribution in [0.4, 0.5) is 16.0 Å². The van der Waals surface area contributed by atoms with Gasteiger partial charge in [-0.1, -0.05) is 22.7 Å². The summed E-state index contributed by atoms with van der Waals surface area (Å²) in [4.78, 5) is 18.4. The monoisotopic (exact) mass is 320 g/mol. The third-order valence-corrected chi connectivity index (χ3v) is 4.38. The maximum absolute atomic E-state index is 10.5. The molecule has 3 N–H and O–H groups in total. The standard InChI is InChI=1S/C11H8N6O2S2/c12-10-14-8-9(20-10)21-11(15-8)16-13-5-6-1-3-7(4-2-6)17(18)19/h1-5H,(H2,12,14)(H,15,16)/b13-5+. The molecular formula is C11H8N6O2S2. The minimum atomic E-state index is -0.444. The van der Waals surface area contributed by atoms with Gasteiger partial charge in [-0.3, -0.25) is 15.5 Å². The number of nitro benzene ring substituents is 1. The van der Waals surface area contributed by atoms with E-state index in [4.69, 9.17) is 5.73 Å². The van der Waals surface area contributed by atoms with Crippen LogP contribution in [-0.4, -0.2) is 21.1 Å². The van der Waals surface area contributed by atoms with Gasteiger partial charge < -0.3 is 5.73 Å². The van der Waals surface area contributed by atoms with Crippen molar-refractivity contribution < 1.29 is 4.92 Å². The number of nitrogens with two attached hydrogens (primary N) is 1. The molecule has 0 saturated heterocycles. The fraction of sp³-hybridized carbons (Fsp3) is 0. The molecule has 0 spiro atoms. The van der Waals surface area contributed by atoms with Crippen molar-refractivity contribution in [1.29, 1.82) is 0 Å². The number of nitro groups is 1. The van der Waals surface area contributed by atoms with Crippen LogP contribution < -0.4 is 11.2 Å². The summed E-state index contributed by atoms with van der Waals surface area (Å²) < 4.78 is 0.931. The van der Waals surface area contributed by atoms with E-state index in [0.717, 1.165) is 9.58 Å². The van der Waals surface area contributed by atoms with Crippen molar-refractivity contribution in [2.45, 2.75) is 0 Å². The van der Waals surface area contributed by atoms with Gasteiger partial charge in [0.15, 0.2) is 10.8 Å². The van der Waals surface area contributed by atoms with Crippen LogP contribution in [0.5, 0.6) is 0 Å². The van der Waals surface area contributed by atoms with Crippen LogP contribution in [-0.2, 0) is 0 Å². The number of thiazole rings is 2. The van der Waals surface area contributed by atoms with Crippen molar-refractivity contribution >= 4 is 54.5 Å². The first-order chi connectivity index (χ1) is 10.1. The highest BCUT2D eigenvalue weighted by Crippen LogP contribution is 2.31. The van der Waals surface area contributed by atoms with Crippen LogP contribution in [0.25, 0.3) is 9.66 Å². The Kier molecular flexibility index (Phi) is 3.46. The lowest BCUT2D eigenvalue weighted by Gasteiger charge is -1.94. The third kappa shape index (κ3) is 2.95. The Hall–Kier alpha value is -2.59. The van der Waals surface area contributed by atoms with Crippen LogP contribution in [0.2, 0.25) is 0 Å². The zero-order valence-corrected chi connectivity index (χ0v) is 12.0. The fourth-order valence-electron chi connectivity index (χ4n) is 1.55. The number of hydrazone groups is 1. The number of fused-ring (bicyclic) bond motifs is 1. The van der Waals surface area contributed by atoms with Crippen molar-refractivity contribution in [1.82, 2.24) is 9.97 Å². The topological polar surface area (TPSA) is 119 Å². The summed E-state index contributed by atoms with van der Waals surface area (Å²) in [6.45, 7) is 0. The Morgan fingerprint density at radius 2 is 2.05 bits per heavy atom. The van der Waals surface area contributed by atoms with Crippen molar-refractivity contribution in [3.05, 3.63) is 39.9 Å². The summed E-state index contributed by atoms with van der Waals surface area (Å²) >= 11 is 2.78. The average molecular weight is 320 g/mol. The second-order valence-electron chi connectivity index (χ2n) is 3.90. The van der Waals surface area contributed by atoms with Crippen molar-refractivity contribution in [3.63, 3.8) is 0 Å². The van der Waals surface area contributed by atoms with Crippen LogP contribution in [0.15, 0.2) is 29.4 Å². The largest absolute Gasteiger partial charge is 0.375 e. The highest BCUT2D eigenvalue weighted by molar-refractivity contribution is 7.40. The van der Waals surface area contributed by atoms with Gasteiger partial charge in [-0.15, -0.1) is 0 Å². The summed E-state index contributed by atoms with van der Waals surface area (Å²) in [5, 5.41) is 15.7. The number of hydrogen-bond donors (Lipinski definition) is 2. The van der Waals surface area contributed by atoms with Gasteiger partial charge in [-0.2, -0.15) is 15.1 Å². The molecular weight excluding hydrogens is 312 g/mol. The number of non-ortho nitro benzene ring substituents is 1. The summed E-state index contributed by atoms with van der Waals surface area (Å²) in [6, 6.07) is 6.08. The molecule has 3 aromatic rings. The lowest BCUT2D eigenvalue weighted by Crippen LogP contribution is -1.91. The SMILES string of the molecule is Nc1nc2nc(N/N=C/c3ccc([N+](=O)[O-])cc3)sc2s1. The molecule has 0 saturated carbocycles. The van der Waals surface area contributed by atoms with E-state index in [1.165, 1.54) is 34.8 Å². The Balaban J connectivity index is 1.68. The predicted molar refractivity (Wildman–Crippen MR) is 84.0 cm³/mol. The summed E-state index contributed by atoms with van der Waals surface area (Å²) in [6.07, 6.45) is 1.56. The summed E-state index contributed by atoms with van der Waals surface area (Å²) in [5.74, 6) is 0. The number of anilines is 2. The van der Waals surface area contributed by atoms with Gasteiger partial charge in [-0.25, -0.2) is 0 Å². The first-order valence-corrected chi connectivity index (χ1v) is 7.31. The molecule has 0 amide bonds. The molecule has 0 atom stereocenters. The van der Waals surface area contributed by atoms with Gasteiger partial charge in [0.05, 0.1) is 11.1 Å². The maximum atomic E-state index is 10.5. The Labute approximate surface area is 126 Å². The highest BCUT2D eigenvalue weighted by atomic mass is 32.2. The molecule has 0 radical (unpaired) electrons. The highest BCUT2D eigenvalue weighted by Gasteiger charge is 2.07. The van der Waals surface area contributed by atoms with Gasteiger partial charge in [0.25, 0.3) is 5.69 Å². The minimum Gasteiger partial charge on any atom is -0.375 e. The number of rotatable bonds is 4. The van der Waals surface area contributed by atoms with E-state index in [9.17, 15) is 10.1 Å². The van der Waals surface area contributed by atoms with Crippen molar-refractivity contribution in [2.75, 3.05) is 11.2 Å². The van der Waals surface area contributed by atoms with E-state index < -0.39 is 4.92 Å². The number of nitrogen functional groups attached to an aromatic ring is 1. The van der Waals surface area contributed by atoms with E-state index in [-0.39, 0.29) is 5.69 Å². The molecule has 2 aromatic heterocycles. The fourth-order valence-corrected chi connectivity index (χ4v) is 3.30. The number of hydrogen-bond acceptors (Lipinski definition) is 9. The molecule has 0 unspecified atom stereocenters. The molecule has 0 aliphatic rings. The zero-order valence-electron chi connectivity index (χ0n) is 10.4. The number of aromatic nitrogens is 2. The minimum absolute atomic E-state index is 0.0453. The van der Waals surface area contributed by atoms with Crippen LogP contribution in [0.1, 0.15) is 5.56 Å². The lowest BCUT2D eigenvalue weighted by molar-refractivity contribution is -0.384. The molecule has 3 rings (SSSR count). The van der Waals surface area contributed by atoms with E-state index in [0.29, 0.717) is 15.9 Å². The molecule has 0 bridgehead atoms. The van der Waals surface area contributed by atoms with Crippen molar-refractivity contribution in [3.8, 4) is 0 Å². The van der Waals surface area contributed by atoms with Gasteiger partial charge in [-0.05, 0) is 17.7 Å². The summed E-state index contributed by atoms with van der Waals surface area (Å²) in [7, 11) is 0. The molecule has 8 nitrogen and oxygen atoms in total. The Morgan fingerprint density at radius 1 is 1.29 bits per heavy atom. The molecule has 1 aromatic carbocycles. The Morgan fingerprint density at radius 3 is 2.71 bits per heavy atom. The molecule has 106 valence electrons. The molecule has 2 heterocycles. The van der Waals surface area contributed by atoms with E-state index >= 15 is 0 Å². The first-order valence-electron chi connectivity index (χ1n) is 5.68. The van der Waals surface area contributed by atoms with E-state index in [1.54, 1.807) is 18.3 Å². The van der Waals surface area contributed by atoms with Crippen LogP contribution >= 0.6 is 22.7 Å². The molecule has 0 aliphatic heterocycles. The second-order valence-corrected chi connectivity index (χ2v) is 6.19. The number of nitrogens with one attached hydrogen (secondary N) is 1. The predicted octanol–water partition coefficient (Wildman–Crippen LogP) is 2.69. The van der Waals surface area contributed by atoms with Gasteiger partial charge in [0.2, 0.25) is 5.13 Å². The Bertz CT molecular complexity index is 791. The summed E-state index contributed by atoms with van der Waals surface area (Å²) in [5.41, 5.74) is 9.76. The first kappa shape index (κ1) is 13.4. The maximum Gasteiger partial charge on any atom is 0.269 e. The van der Waals surface area contributed by atoms with Gasteiger partial charge >= 0.3 is 0 Å². The number of nitrogens with zero attached hydrogens (tertiary/aromatic N) is 4. The second kappa shape index (κ2) is 5.42. The third-order valence-electron chi connectivity index (χ3n) is 2.47. The molecule has 0 aliphatic carbocycles. The normalized spacial score (nSPS) is 11.2. The zero-order chi connectivity index (χ0) is 14.8. The van der Waals surface area contributed by atoms with E-state index in [1.807, 2.05) is 0 Å². The molecule has 0 fully saturated rings. The van der Waals surface area contributed by atoms with E-state index in [2.05, 4.69) is 20.5 Å². The smallest absolute Gasteiger partial charge is 0.269 e. The average Bonchev–Trinajstić information content (AvgIpc) is 2.96. The molecule has 21 heavy (non-hydrogen) atoms. The lowest BCUT2D eigenvalue weighted by atomic mass is 10.2. The number of benzene rings is 1. The van der Waals surface area contributed by atoms with Gasteiger partial charge in [0, 0.05) is 12.1 Å². The van der Waals surface area contributed by atoms with Crippen LogP contribution in [0, 0.1) is 10.1 Å².